The first kappa shape index (κ1) is 11.5. The smallest absolute Gasteiger partial charge is 0.255 e. The van der Waals surface area contributed by atoms with Gasteiger partial charge < -0.3 is 10.4 Å². The van der Waals surface area contributed by atoms with Gasteiger partial charge in [0.1, 0.15) is 5.75 Å². The van der Waals surface area contributed by atoms with E-state index in [2.05, 4.69) is 21.2 Å². The molecule has 0 heterocycles. The quantitative estimate of drug-likeness (QED) is 0.837. The van der Waals surface area contributed by atoms with Crippen LogP contribution in [0.4, 0.5) is 0 Å². The molecule has 1 amide bonds. The van der Waals surface area contributed by atoms with E-state index in [1.165, 1.54) is 0 Å². The van der Waals surface area contributed by atoms with Crippen LogP contribution >= 0.6 is 15.9 Å². The number of nitrogens with one attached hydrogen (secondary N) is 1. The fourth-order valence-corrected chi connectivity index (χ4v) is 2.29. The van der Waals surface area contributed by atoms with Crippen molar-refractivity contribution in [2.45, 2.75) is 25.3 Å². The third kappa shape index (κ3) is 2.21. The SMILES string of the molecule is Cc1ccc(C(=O)NC2(CBr)CC2)c(O)c1. The molecule has 16 heavy (non-hydrogen) atoms. The van der Waals surface area contributed by atoms with Gasteiger partial charge in [0.05, 0.1) is 11.1 Å². The lowest BCUT2D eigenvalue weighted by atomic mass is 10.1. The fourth-order valence-electron chi connectivity index (χ4n) is 1.58. The molecule has 0 atom stereocenters. The van der Waals surface area contributed by atoms with Gasteiger partial charge in [-0.2, -0.15) is 0 Å². The predicted molar refractivity (Wildman–Crippen MR) is 66.1 cm³/mol. The number of amides is 1. The van der Waals surface area contributed by atoms with Gasteiger partial charge in [-0.25, -0.2) is 0 Å². The Hall–Kier alpha value is -1.03. The van der Waals surface area contributed by atoms with Crippen LogP contribution in [0.3, 0.4) is 0 Å². The van der Waals surface area contributed by atoms with Crippen LogP contribution in [0, 0.1) is 6.92 Å². The molecule has 3 nitrogen and oxygen atoms in total. The summed E-state index contributed by atoms with van der Waals surface area (Å²) in [6.45, 7) is 1.88. The van der Waals surface area contributed by atoms with E-state index in [4.69, 9.17) is 0 Å². The number of phenolic OH excluding ortho intramolecular Hbond substituents is 1. The average Bonchev–Trinajstić information content (AvgIpc) is 2.98. The fraction of sp³-hybridized carbons (Fsp3) is 0.417. The van der Waals surface area contributed by atoms with Crippen molar-refractivity contribution in [3.05, 3.63) is 29.3 Å². The summed E-state index contributed by atoms with van der Waals surface area (Å²) in [7, 11) is 0. The molecule has 1 aromatic carbocycles. The number of aryl methyl sites for hydroxylation is 1. The number of alkyl halides is 1. The summed E-state index contributed by atoms with van der Waals surface area (Å²) in [5.41, 5.74) is 1.20. The van der Waals surface area contributed by atoms with E-state index in [-0.39, 0.29) is 17.2 Å². The van der Waals surface area contributed by atoms with E-state index in [1.54, 1.807) is 12.1 Å². The van der Waals surface area contributed by atoms with Gasteiger partial charge in [0.2, 0.25) is 0 Å². The summed E-state index contributed by atoms with van der Waals surface area (Å²) in [4.78, 5) is 11.9. The van der Waals surface area contributed by atoms with E-state index in [0.29, 0.717) is 5.56 Å². The van der Waals surface area contributed by atoms with Crippen molar-refractivity contribution in [2.75, 3.05) is 5.33 Å². The number of phenols is 1. The highest BCUT2D eigenvalue weighted by Crippen LogP contribution is 2.37. The second-order valence-corrected chi connectivity index (χ2v) is 4.95. The molecule has 1 aromatic rings. The van der Waals surface area contributed by atoms with Crippen molar-refractivity contribution in [2.24, 2.45) is 0 Å². The molecule has 4 heteroatoms. The molecule has 0 unspecified atom stereocenters. The molecule has 1 saturated carbocycles. The van der Waals surface area contributed by atoms with E-state index in [0.717, 1.165) is 23.7 Å². The molecule has 0 saturated heterocycles. The molecule has 0 bridgehead atoms. The first-order valence-electron chi connectivity index (χ1n) is 5.24. The van der Waals surface area contributed by atoms with Crippen LogP contribution in [0.2, 0.25) is 0 Å². The third-order valence-electron chi connectivity index (χ3n) is 2.89. The lowest BCUT2D eigenvalue weighted by Crippen LogP contribution is -2.38. The largest absolute Gasteiger partial charge is 0.507 e. The van der Waals surface area contributed by atoms with Crippen molar-refractivity contribution in [1.29, 1.82) is 0 Å². The predicted octanol–water partition coefficient (Wildman–Crippen LogP) is 2.36. The molecule has 2 N–H and O–H groups in total. The van der Waals surface area contributed by atoms with Gasteiger partial charge >= 0.3 is 0 Å². The number of benzene rings is 1. The molecule has 1 fully saturated rings. The summed E-state index contributed by atoms with van der Waals surface area (Å²) in [5, 5.41) is 13.4. The number of hydrogen-bond donors (Lipinski definition) is 2. The molecular formula is C12H14BrNO2. The highest BCUT2D eigenvalue weighted by molar-refractivity contribution is 9.09. The number of rotatable bonds is 3. The van der Waals surface area contributed by atoms with Gasteiger partial charge in [0.15, 0.2) is 0 Å². The first-order valence-corrected chi connectivity index (χ1v) is 6.37. The minimum Gasteiger partial charge on any atom is -0.507 e. The average molecular weight is 284 g/mol. The standard InChI is InChI=1S/C12H14BrNO2/c1-8-2-3-9(10(15)6-8)11(16)14-12(7-13)4-5-12/h2-3,6,15H,4-5,7H2,1H3,(H,14,16). The Morgan fingerprint density at radius 3 is 2.75 bits per heavy atom. The van der Waals surface area contributed by atoms with Gasteiger partial charge in [-0.05, 0) is 37.5 Å². The molecule has 0 radical (unpaired) electrons. The number of hydrogen-bond acceptors (Lipinski definition) is 2. The Labute approximate surface area is 103 Å². The maximum atomic E-state index is 11.9. The third-order valence-corrected chi connectivity index (χ3v) is 3.96. The lowest BCUT2D eigenvalue weighted by molar-refractivity contribution is 0.0934. The van der Waals surface area contributed by atoms with Gasteiger partial charge in [-0.1, -0.05) is 22.0 Å². The van der Waals surface area contributed by atoms with E-state index in [9.17, 15) is 9.90 Å². The first-order chi connectivity index (χ1) is 7.56. The minimum atomic E-state index is -0.200. The van der Waals surface area contributed by atoms with Crippen LogP contribution in [0.15, 0.2) is 18.2 Å². The minimum absolute atomic E-state index is 0.0443. The van der Waals surface area contributed by atoms with Gasteiger partial charge in [0.25, 0.3) is 5.91 Å². The molecule has 0 spiro atoms. The topological polar surface area (TPSA) is 49.3 Å². The zero-order valence-corrected chi connectivity index (χ0v) is 10.7. The van der Waals surface area contributed by atoms with Crippen LogP contribution in [0.1, 0.15) is 28.8 Å². The highest BCUT2D eigenvalue weighted by atomic mass is 79.9. The number of carbonyl (C=O) groups excluding carboxylic acids is 1. The van der Waals surface area contributed by atoms with Gasteiger partial charge in [-0.3, -0.25) is 4.79 Å². The van der Waals surface area contributed by atoms with Crippen molar-refractivity contribution in [1.82, 2.24) is 5.32 Å². The highest BCUT2D eigenvalue weighted by Gasteiger charge is 2.43. The van der Waals surface area contributed by atoms with Crippen molar-refractivity contribution in [3.8, 4) is 5.75 Å². The summed E-state index contributed by atoms with van der Waals surface area (Å²) in [6, 6.07) is 5.08. The Morgan fingerprint density at radius 2 is 2.25 bits per heavy atom. The van der Waals surface area contributed by atoms with Gasteiger partial charge in [0, 0.05) is 5.33 Å². The van der Waals surface area contributed by atoms with E-state index in [1.807, 2.05) is 13.0 Å². The van der Waals surface area contributed by atoms with Crippen LogP contribution in [-0.4, -0.2) is 21.9 Å². The number of carbonyl (C=O) groups is 1. The second-order valence-electron chi connectivity index (χ2n) is 4.39. The normalized spacial score (nSPS) is 16.9. The number of halogens is 1. The molecule has 0 aromatic heterocycles. The van der Waals surface area contributed by atoms with Crippen LogP contribution in [0.25, 0.3) is 0 Å². The summed E-state index contributed by atoms with van der Waals surface area (Å²) in [6.07, 6.45) is 1.99. The monoisotopic (exact) mass is 283 g/mol. The molecule has 86 valence electrons. The van der Waals surface area contributed by atoms with Crippen molar-refractivity contribution >= 4 is 21.8 Å². The lowest BCUT2D eigenvalue weighted by Gasteiger charge is -2.14. The zero-order valence-electron chi connectivity index (χ0n) is 9.09. The van der Waals surface area contributed by atoms with Crippen LogP contribution < -0.4 is 5.32 Å². The molecular weight excluding hydrogens is 270 g/mol. The Kier molecular flexibility index (Phi) is 2.93. The Morgan fingerprint density at radius 1 is 1.56 bits per heavy atom. The summed E-state index contributed by atoms with van der Waals surface area (Å²) < 4.78 is 0. The number of aromatic hydroxyl groups is 1. The van der Waals surface area contributed by atoms with Gasteiger partial charge in [-0.15, -0.1) is 0 Å². The van der Waals surface area contributed by atoms with E-state index < -0.39 is 0 Å². The Bertz CT molecular complexity index is 427. The molecule has 0 aliphatic heterocycles. The van der Waals surface area contributed by atoms with Crippen LogP contribution in [-0.2, 0) is 0 Å². The Balaban J connectivity index is 2.15. The summed E-state index contributed by atoms with van der Waals surface area (Å²) in [5.74, 6) is -0.155. The summed E-state index contributed by atoms with van der Waals surface area (Å²) >= 11 is 3.39. The maximum absolute atomic E-state index is 11.9. The molecule has 1 aliphatic carbocycles. The molecule has 1 aliphatic rings. The van der Waals surface area contributed by atoms with E-state index >= 15 is 0 Å². The zero-order chi connectivity index (χ0) is 11.8. The van der Waals surface area contributed by atoms with Crippen molar-refractivity contribution < 1.29 is 9.90 Å². The van der Waals surface area contributed by atoms with Crippen LogP contribution in [0.5, 0.6) is 5.75 Å². The second kappa shape index (κ2) is 4.09. The molecule has 2 rings (SSSR count). The maximum Gasteiger partial charge on any atom is 0.255 e. The van der Waals surface area contributed by atoms with Crippen molar-refractivity contribution in [3.63, 3.8) is 0 Å².